The van der Waals surface area contributed by atoms with Crippen LogP contribution in [0.15, 0.2) is 33.7 Å². The van der Waals surface area contributed by atoms with Crippen molar-refractivity contribution in [3.05, 3.63) is 28.7 Å². The van der Waals surface area contributed by atoms with Crippen LogP contribution in [0.5, 0.6) is 0 Å². The first-order valence-electron chi connectivity index (χ1n) is 8.75. The molecular weight excluding hydrogens is 368 g/mol. The van der Waals surface area contributed by atoms with Crippen molar-refractivity contribution < 1.29 is 4.74 Å². The zero-order chi connectivity index (χ0) is 17.2. The number of aliphatic imine (C=N–C) groups is 1. The van der Waals surface area contributed by atoms with Gasteiger partial charge in [-0.3, -0.25) is 4.99 Å². The fourth-order valence-corrected chi connectivity index (χ4v) is 3.28. The highest BCUT2D eigenvalue weighted by Crippen LogP contribution is 2.25. The van der Waals surface area contributed by atoms with Crippen molar-refractivity contribution in [2.24, 2.45) is 10.9 Å². The molecule has 1 aromatic carbocycles. The lowest BCUT2D eigenvalue weighted by atomic mass is 10.1. The second-order valence-corrected chi connectivity index (χ2v) is 6.93. The van der Waals surface area contributed by atoms with E-state index in [9.17, 15) is 0 Å². The topological polar surface area (TPSA) is 48.9 Å². The predicted molar refractivity (Wildman–Crippen MR) is 105 cm³/mol. The average molecular weight is 397 g/mol. The summed E-state index contributed by atoms with van der Waals surface area (Å²) in [6, 6.07) is 8.53. The van der Waals surface area contributed by atoms with Gasteiger partial charge in [-0.25, -0.2) is 0 Å². The Morgan fingerprint density at radius 2 is 2.29 bits per heavy atom. The second kappa shape index (κ2) is 10.6. The third-order valence-electron chi connectivity index (χ3n) is 4.20. The van der Waals surface area contributed by atoms with Gasteiger partial charge in [0.15, 0.2) is 5.96 Å². The molecule has 1 aliphatic heterocycles. The predicted octanol–water partition coefficient (Wildman–Crippen LogP) is 2.87. The molecule has 134 valence electrons. The van der Waals surface area contributed by atoms with Crippen molar-refractivity contribution in [2.45, 2.75) is 19.8 Å². The van der Waals surface area contributed by atoms with Crippen molar-refractivity contribution >= 4 is 27.6 Å². The molecule has 5 nitrogen and oxygen atoms in total. The van der Waals surface area contributed by atoms with Crippen molar-refractivity contribution in [2.75, 3.05) is 51.3 Å². The largest absolute Gasteiger partial charge is 0.382 e. The number of rotatable bonds is 8. The van der Waals surface area contributed by atoms with E-state index in [2.05, 4.69) is 60.7 Å². The lowest BCUT2D eigenvalue weighted by Crippen LogP contribution is -2.40. The molecule has 0 aromatic heterocycles. The number of nitrogens with one attached hydrogen (secondary N) is 2. The summed E-state index contributed by atoms with van der Waals surface area (Å²) in [5.74, 6) is 1.53. The molecule has 1 unspecified atom stereocenters. The van der Waals surface area contributed by atoms with Gasteiger partial charge in [-0.15, -0.1) is 0 Å². The highest BCUT2D eigenvalue weighted by atomic mass is 79.9. The highest BCUT2D eigenvalue weighted by Gasteiger charge is 2.22. The van der Waals surface area contributed by atoms with Crippen LogP contribution in [0.2, 0.25) is 0 Å². The van der Waals surface area contributed by atoms with Crippen molar-refractivity contribution in [3.63, 3.8) is 0 Å². The van der Waals surface area contributed by atoms with Gasteiger partial charge in [0.05, 0.1) is 0 Å². The van der Waals surface area contributed by atoms with Gasteiger partial charge in [-0.05, 0) is 43.9 Å². The van der Waals surface area contributed by atoms with E-state index in [0.717, 1.165) is 56.2 Å². The molecule has 1 atom stereocenters. The number of anilines is 1. The molecule has 0 spiro atoms. The third-order valence-corrected chi connectivity index (χ3v) is 4.70. The number of halogens is 1. The van der Waals surface area contributed by atoms with E-state index in [-0.39, 0.29) is 0 Å². The SMILES string of the molecule is CCOCCCNC(=NC)NCC1CCN(c2cccc(Br)c2)C1. The van der Waals surface area contributed by atoms with Gasteiger partial charge in [0.2, 0.25) is 0 Å². The molecule has 2 N–H and O–H groups in total. The van der Waals surface area contributed by atoms with Crippen LogP contribution in [0.4, 0.5) is 5.69 Å². The molecule has 1 saturated heterocycles. The summed E-state index contributed by atoms with van der Waals surface area (Å²) in [6.07, 6.45) is 2.20. The van der Waals surface area contributed by atoms with E-state index < -0.39 is 0 Å². The number of guanidine groups is 1. The lowest BCUT2D eigenvalue weighted by Gasteiger charge is -2.19. The first kappa shape index (κ1) is 19.1. The Bertz CT molecular complexity index is 523. The first-order chi connectivity index (χ1) is 11.7. The van der Waals surface area contributed by atoms with Crippen LogP contribution < -0.4 is 15.5 Å². The summed E-state index contributed by atoms with van der Waals surface area (Å²) in [7, 11) is 1.82. The summed E-state index contributed by atoms with van der Waals surface area (Å²) in [6.45, 7) is 7.64. The highest BCUT2D eigenvalue weighted by molar-refractivity contribution is 9.10. The standard InChI is InChI=1S/C18H29BrN4O/c1-3-24-11-5-9-21-18(20-2)22-13-15-8-10-23(14-15)17-7-4-6-16(19)12-17/h4,6-7,12,15H,3,5,8-11,13-14H2,1-2H3,(H2,20,21,22). The smallest absolute Gasteiger partial charge is 0.190 e. The van der Waals surface area contributed by atoms with Gasteiger partial charge in [0.25, 0.3) is 0 Å². The van der Waals surface area contributed by atoms with Crippen LogP contribution in [0.3, 0.4) is 0 Å². The maximum atomic E-state index is 5.34. The molecule has 1 aliphatic rings. The Kier molecular flexibility index (Phi) is 8.39. The zero-order valence-electron chi connectivity index (χ0n) is 14.7. The minimum atomic E-state index is 0.644. The molecule has 2 rings (SSSR count). The summed E-state index contributed by atoms with van der Waals surface area (Å²) in [4.78, 5) is 6.74. The first-order valence-corrected chi connectivity index (χ1v) is 9.55. The Morgan fingerprint density at radius 3 is 3.04 bits per heavy atom. The maximum Gasteiger partial charge on any atom is 0.190 e. The van der Waals surface area contributed by atoms with Crippen LogP contribution in [-0.2, 0) is 4.74 Å². The summed E-state index contributed by atoms with van der Waals surface area (Å²) in [5, 5.41) is 6.79. The second-order valence-electron chi connectivity index (χ2n) is 6.01. The molecule has 1 aromatic rings. The Morgan fingerprint density at radius 1 is 1.42 bits per heavy atom. The van der Waals surface area contributed by atoms with Crippen LogP contribution in [0, 0.1) is 5.92 Å². The number of nitrogens with zero attached hydrogens (tertiary/aromatic N) is 2. The van der Waals surface area contributed by atoms with E-state index in [1.54, 1.807) is 0 Å². The molecule has 0 amide bonds. The maximum absolute atomic E-state index is 5.34. The van der Waals surface area contributed by atoms with E-state index >= 15 is 0 Å². The van der Waals surface area contributed by atoms with Gasteiger partial charge in [-0.2, -0.15) is 0 Å². The number of benzene rings is 1. The number of hydrogen-bond donors (Lipinski definition) is 2. The van der Waals surface area contributed by atoms with Gasteiger partial charge in [0.1, 0.15) is 0 Å². The Labute approximate surface area is 154 Å². The van der Waals surface area contributed by atoms with Crippen LogP contribution in [0.1, 0.15) is 19.8 Å². The Balaban J connectivity index is 1.69. The molecule has 0 radical (unpaired) electrons. The van der Waals surface area contributed by atoms with Gasteiger partial charge in [0, 0.05) is 56.6 Å². The van der Waals surface area contributed by atoms with E-state index in [1.165, 1.54) is 12.1 Å². The monoisotopic (exact) mass is 396 g/mol. The quantitative estimate of drug-likeness (QED) is 0.402. The molecular formula is C18H29BrN4O. The molecule has 6 heteroatoms. The minimum absolute atomic E-state index is 0.644. The zero-order valence-corrected chi connectivity index (χ0v) is 16.3. The fraction of sp³-hybridized carbons (Fsp3) is 0.611. The Hall–Kier alpha value is -1.27. The molecule has 0 bridgehead atoms. The fourth-order valence-electron chi connectivity index (χ4n) is 2.89. The van der Waals surface area contributed by atoms with E-state index in [0.29, 0.717) is 5.92 Å². The minimum Gasteiger partial charge on any atom is -0.382 e. The van der Waals surface area contributed by atoms with Crippen molar-refractivity contribution in [3.8, 4) is 0 Å². The number of ether oxygens (including phenoxy) is 1. The molecule has 1 fully saturated rings. The summed E-state index contributed by atoms with van der Waals surface area (Å²) >= 11 is 3.55. The normalized spacial score (nSPS) is 18.0. The average Bonchev–Trinajstić information content (AvgIpc) is 3.06. The number of hydrogen-bond acceptors (Lipinski definition) is 3. The van der Waals surface area contributed by atoms with Gasteiger partial charge >= 0.3 is 0 Å². The summed E-state index contributed by atoms with van der Waals surface area (Å²) in [5.41, 5.74) is 1.30. The molecule has 0 saturated carbocycles. The van der Waals surface area contributed by atoms with Gasteiger partial charge < -0.3 is 20.3 Å². The summed E-state index contributed by atoms with van der Waals surface area (Å²) < 4.78 is 6.48. The molecule has 24 heavy (non-hydrogen) atoms. The van der Waals surface area contributed by atoms with Crippen LogP contribution in [-0.4, -0.2) is 52.4 Å². The van der Waals surface area contributed by atoms with Crippen LogP contribution >= 0.6 is 15.9 Å². The van der Waals surface area contributed by atoms with Crippen molar-refractivity contribution in [1.82, 2.24) is 10.6 Å². The molecule has 0 aliphatic carbocycles. The third kappa shape index (κ3) is 6.32. The van der Waals surface area contributed by atoms with E-state index in [4.69, 9.17) is 4.74 Å². The van der Waals surface area contributed by atoms with Crippen molar-refractivity contribution in [1.29, 1.82) is 0 Å². The molecule has 1 heterocycles. The van der Waals surface area contributed by atoms with Gasteiger partial charge in [-0.1, -0.05) is 22.0 Å². The van der Waals surface area contributed by atoms with Crippen LogP contribution in [0.25, 0.3) is 0 Å². The lowest BCUT2D eigenvalue weighted by molar-refractivity contribution is 0.145. The van der Waals surface area contributed by atoms with E-state index in [1.807, 2.05) is 14.0 Å².